The van der Waals surface area contributed by atoms with Crippen LogP contribution in [0.1, 0.15) is 0 Å². The van der Waals surface area contributed by atoms with E-state index in [9.17, 15) is 0 Å². The minimum atomic E-state index is 0.831. The molecule has 0 amide bonds. The average molecular weight is 700 g/mol. The Kier molecular flexibility index (Phi) is 7.70. The van der Waals surface area contributed by atoms with Crippen molar-refractivity contribution in [2.75, 3.05) is 14.7 Å². The van der Waals surface area contributed by atoms with Gasteiger partial charge in [-0.05, 0) is 120 Å². The predicted octanol–water partition coefficient (Wildman–Crippen LogP) is 14.3. The summed E-state index contributed by atoms with van der Waals surface area (Å²) in [7, 11) is 0. The van der Waals surface area contributed by atoms with Crippen molar-refractivity contribution in [1.82, 2.24) is 0 Å². The highest BCUT2D eigenvalue weighted by Crippen LogP contribution is 2.53. The second kappa shape index (κ2) is 13.1. The Labute approximate surface area is 313 Å². The number of rotatable bonds is 6. The van der Waals surface area contributed by atoms with Crippen LogP contribution in [-0.4, -0.2) is 0 Å². The molecule has 4 nitrogen and oxygen atoms in total. The van der Waals surface area contributed by atoms with Gasteiger partial charge >= 0.3 is 0 Å². The molecule has 0 N–H and O–H groups in total. The summed E-state index contributed by atoms with van der Waals surface area (Å²) < 4.78 is 6.51. The molecule has 0 bridgehead atoms. The zero-order valence-electron chi connectivity index (χ0n) is 28.7. The molecule has 0 atom stereocenters. The Balaban J connectivity index is 0.988. The van der Waals surface area contributed by atoms with Gasteiger partial charge in [-0.15, -0.1) is 0 Å². The molecule has 0 radical (unpaired) electrons. The van der Waals surface area contributed by atoms with Gasteiger partial charge in [0.2, 0.25) is 0 Å². The third kappa shape index (κ3) is 5.59. The van der Waals surface area contributed by atoms with Gasteiger partial charge in [0, 0.05) is 38.2 Å². The Morgan fingerprint density at radius 3 is 1.51 bits per heavy atom. The molecule has 2 aliphatic heterocycles. The summed E-state index contributed by atoms with van der Waals surface area (Å²) >= 11 is 1.83. The van der Waals surface area contributed by atoms with Crippen LogP contribution in [0.5, 0.6) is 11.5 Å². The lowest BCUT2D eigenvalue weighted by Gasteiger charge is -2.33. The SMILES string of the molecule is c1ccc(N(c2ccc(-c3ccc4c(c3)Oc3ccccc3N4c3ccccc3)cc2)c2ccc(N3c4ccccc4Sc4ccccc43)cc2)cc1. The maximum atomic E-state index is 6.51. The maximum Gasteiger partial charge on any atom is 0.152 e. The number of hydrogen-bond donors (Lipinski definition) is 0. The fraction of sp³-hybridized carbons (Fsp3) is 0. The molecule has 8 aromatic rings. The first-order valence-corrected chi connectivity index (χ1v) is 18.6. The molecule has 5 heteroatoms. The summed E-state index contributed by atoms with van der Waals surface area (Å²) in [6.07, 6.45) is 0. The van der Waals surface area contributed by atoms with Crippen molar-refractivity contribution in [1.29, 1.82) is 0 Å². The van der Waals surface area contributed by atoms with Gasteiger partial charge in [0.25, 0.3) is 0 Å². The van der Waals surface area contributed by atoms with E-state index in [-0.39, 0.29) is 0 Å². The second-order valence-corrected chi connectivity index (χ2v) is 14.1. The Morgan fingerprint density at radius 2 is 0.830 bits per heavy atom. The molecule has 0 saturated carbocycles. The molecule has 0 aliphatic carbocycles. The maximum absolute atomic E-state index is 6.51. The normalized spacial score (nSPS) is 12.5. The van der Waals surface area contributed by atoms with E-state index in [0.29, 0.717) is 0 Å². The lowest BCUT2D eigenvalue weighted by molar-refractivity contribution is 0.477. The molecule has 0 saturated heterocycles. The van der Waals surface area contributed by atoms with Gasteiger partial charge in [-0.3, -0.25) is 0 Å². The Bertz CT molecular complexity index is 2530. The Morgan fingerprint density at radius 1 is 0.358 bits per heavy atom. The number of fused-ring (bicyclic) bond motifs is 4. The number of ether oxygens (including phenoxy) is 1. The van der Waals surface area contributed by atoms with Crippen LogP contribution in [0.25, 0.3) is 11.1 Å². The third-order valence-electron chi connectivity index (χ3n) is 9.81. The summed E-state index contributed by atoms with van der Waals surface area (Å²) in [6, 6.07) is 70.7. The van der Waals surface area contributed by atoms with Crippen molar-refractivity contribution in [3.8, 4) is 22.6 Å². The van der Waals surface area contributed by atoms with Gasteiger partial charge in [-0.2, -0.15) is 0 Å². The van der Waals surface area contributed by atoms with Gasteiger partial charge in [-0.1, -0.05) is 103 Å². The standard InChI is InChI=1S/C48H33N3OS/c1-3-13-36(14-4-1)49(39-28-30-40(31-29-39)51-43-18-8-11-21-47(43)53-48-22-12-9-19-44(48)51)38-26-23-34(24-27-38)35-25-32-42-46(33-35)52-45-20-10-7-17-41(45)50(42)37-15-5-2-6-16-37/h1-33H. The van der Waals surface area contributed by atoms with Crippen LogP contribution >= 0.6 is 11.8 Å². The molecule has 0 aromatic heterocycles. The molecule has 53 heavy (non-hydrogen) atoms. The number of hydrogen-bond acceptors (Lipinski definition) is 5. The predicted molar refractivity (Wildman–Crippen MR) is 220 cm³/mol. The first-order valence-electron chi connectivity index (χ1n) is 17.8. The van der Waals surface area contributed by atoms with Crippen molar-refractivity contribution in [3.63, 3.8) is 0 Å². The lowest BCUT2D eigenvalue weighted by Crippen LogP contribution is -2.15. The van der Waals surface area contributed by atoms with Gasteiger partial charge in [-0.25, -0.2) is 0 Å². The number of nitrogens with zero attached hydrogens (tertiary/aromatic N) is 3. The van der Waals surface area contributed by atoms with Gasteiger partial charge in [0.15, 0.2) is 11.5 Å². The van der Waals surface area contributed by atoms with Crippen LogP contribution in [0.2, 0.25) is 0 Å². The van der Waals surface area contributed by atoms with Gasteiger partial charge in [0.1, 0.15) is 0 Å². The first kappa shape index (κ1) is 31.1. The fourth-order valence-electron chi connectivity index (χ4n) is 7.35. The number of para-hydroxylation sites is 6. The topological polar surface area (TPSA) is 19.0 Å². The van der Waals surface area contributed by atoms with Crippen molar-refractivity contribution in [2.24, 2.45) is 0 Å². The lowest BCUT2D eigenvalue weighted by atomic mass is 10.0. The quantitative estimate of drug-likeness (QED) is 0.172. The summed E-state index contributed by atoms with van der Waals surface area (Å²) in [5, 5.41) is 0. The summed E-state index contributed by atoms with van der Waals surface area (Å²) in [5.74, 6) is 1.67. The highest BCUT2D eigenvalue weighted by atomic mass is 32.2. The third-order valence-corrected chi connectivity index (χ3v) is 10.9. The van der Waals surface area contributed by atoms with Crippen molar-refractivity contribution in [2.45, 2.75) is 9.79 Å². The van der Waals surface area contributed by atoms with Crippen LogP contribution in [0.15, 0.2) is 210 Å². The average Bonchev–Trinajstić information content (AvgIpc) is 3.23. The van der Waals surface area contributed by atoms with E-state index in [1.54, 1.807) is 0 Å². The van der Waals surface area contributed by atoms with E-state index < -0.39 is 0 Å². The van der Waals surface area contributed by atoms with E-state index in [2.05, 4.69) is 197 Å². The highest BCUT2D eigenvalue weighted by Gasteiger charge is 2.27. The van der Waals surface area contributed by atoms with E-state index >= 15 is 0 Å². The highest BCUT2D eigenvalue weighted by molar-refractivity contribution is 7.99. The van der Waals surface area contributed by atoms with E-state index in [4.69, 9.17) is 4.74 Å². The van der Waals surface area contributed by atoms with Crippen molar-refractivity contribution in [3.05, 3.63) is 200 Å². The van der Waals surface area contributed by atoms with Gasteiger partial charge < -0.3 is 19.4 Å². The molecule has 0 unspecified atom stereocenters. The zero-order valence-corrected chi connectivity index (χ0v) is 29.5. The van der Waals surface area contributed by atoms with Crippen LogP contribution < -0.4 is 19.4 Å². The fourth-order valence-corrected chi connectivity index (χ4v) is 8.41. The molecule has 252 valence electrons. The van der Waals surface area contributed by atoms with Crippen LogP contribution in [0.4, 0.5) is 51.2 Å². The largest absolute Gasteiger partial charge is 0.453 e. The Hall–Kier alpha value is -6.69. The molecule has 8 aromatic carbocycles. The van der Waals surface area contributed by atoms with E-state index in [1.165, 1.54) is 21.2 Å². The van der Waals surface area contributed by atoms with Crippen molar-refractivity contribution < 1.29 is 4.74 Å². The summed E-state index contributed by atoms with van der Waals surface area (Å²) in [5.41, 5.74) is 12.1. The summed E-state index contributed by atoms with van der Waals surface area (Å²) in [6.45, 7) is 0. The monoisotopic (exact) mass is 699 g/mol. The molecule has 10 rings (SSSR count). The van der Waals surface area contributed by atoms with Crippen LogP contribution in [-0.2, 0) is 0 Å². The summed E-state index contributed by atoms with van der Waals surface area (Å²) in [4.78, 5) is 9.46. The minimum Gasteiger partial charge on any atom is -0.453 e. The number of benzene rings is 8. The van der Waals surface area contributed by atoms with Gasteiger partial charge in [0.05, 0.1) is 22.7 Å². The van der Waals surface area contributed by atoms with E-state index in [1.807, 2.05) is 30.0 Å². The van der Waals surface area contributed by atoms with Crippen LogP contribution in [0.3, 0.4) is 0 Å². The van der Waals surface area contributed by atoms with E-state index in [0.717, 1.165) is 62.4 Å². The first-order chi connectivity index (χ1) is 26.3. The molecule has 0 spiro atoms. The smallest absolute Gasteiger partial charge is 0.152 e. The minimum absolute atomic E-state index is 0.831. The molecule has 2 aliphatic rings. The van der Waals surface area contributed by atoms with Crippen LogP contribution in [0, 0.1) is 0 Å². The molecular formula is C48H33N3OS. The second-order valence-electron chi connectivity index (χ2n) is 13.0. The molecule has 0 fully saturated rings. The molecule has 2 heterocycles. The van der Waals surface area contributed by atoms with Crippen molar-refractivity contribution >= 4 is 62.9 Å². The molecular weight excluding hydrogens is 667 g/mol. The number of anilines is 9. The zero-order chi connectivity index (χ0) is 35.1.